The van der Waals surface area contributed by atoms with Gasteiger partial charge in [-0.25, -0.2) is 4.39 Å². The van der Waals surface area contributed by atoms with Crippen LogP contribution in [0.2, 0.25) is 0 Å². The fourth-order valence-electron chi connectivity index (χ4n) is 4.66. The average molecular weight is 416 g/mol. The van der Waals surface area contributed by atoms with E-state index in [9.17, 15) is 14.0 Å². The van der Waals surface area contributed by atoms with E-state index in [1.54, 1.807) is 12.1 Å². The van der Waals surface area contributed by atoms with Crippen molar-refractivity contribution in [2.45, 2.75) is 38.5 Å². The first kappa shape index (κ1) is 21.7. The van der Waals surface area contributed by atoms with Gasteiger partial charge in [-0.15, -0.1) is 12.4 Å². The van der Waals surface area contributed by atoms with Crippen LogP contribution >= 0.6 is 12.4 Å². The Bertz CT molecular complexity index is 873. The van der Waals surface area contributed by atoms with Crippen molar-refractivity contribution in [2.75, 3.05) is 19.6 Å². The normalized spacial score (nSPS) is 18.2. The van der Waals surface area contributed by atoms with Gasteiger partial charge in [0.1, 0.15) is 5.82 Å². The van der Waals surface area contributed by atoms with E-state index in [1.807, 2.05) is 18.2 Å². The molecule has 0 radical (unpaired) electrons. The van der Waals surface area contributed by atoms with Crippen LogP contribution < -0.4 is 0 Å². The molecule has 1 aliphatic carbocycles. The number of benzene rings is 2. The van der Waals surface area contributed by atoms with E-state index in [1.165, 1.54) is 17.7 Å². The lowest BCUT2D eigenvalue weighted by Crippen LogP contribution is -2.46. The van der Waals surface area contributed by atoms with Crippen molar-refractivity contribution in [1.29, 1.82) is 0 Å². The van der Waals surface area contributed by atoms with Crippen LogP contribution in [-0.2, 0) is 6.42 Å². The van der Waals surface area contributed by atoms with Gasteiger partial charge in [0, 0.05) is 23.0 Å². The number of carbonyl (C=O) groups is 2. The molecule has 2 aromatic carbocycles. The lowest BCUT2D eigenvalue weighted by Gasteiger charge is -2.43. The lowest BCUT2D eigenvalue weighted by molar-refractivity contribution is 0.0539. The molecule has 0 N–H and O–H groups in total. The molecule has 1 fully saturated rings. The zero-order valence-electron chi connectivity index (χ0n) is 16.5. The summed E-state index contributed by atoms with van der Waals surface area (Å²) in [4.78, 5) is 27.7. The fourth-order valence-corrected chi connectivity index (χ4v) is 4.66. The minimum Gasteiger partial charge on any atom is -0.303 e. The second kappa shape index (κ2) is 9.19. The Balaban J connectivity index is 0.00000240. The number of hydrogen-bond acceptors (Lipinski definition) is 3. The van der Waals surface area contributed by atoms with Gasteiger partial charge in [0.25, 0.3) is 0 Å². The summed E-state index contributed by atoms with van der Waals surface area (Å²) in [5, 5.41) is 0. The predicted molar refractivity (Wildman–Crippen MR) is 114 cm³/mol. The van der Waals surface area contributed by atoms with Crippen LogP contribution in [-0.4, -0.2) is 36.1 Å². The van der Waals surface area contributed by atoms with E-state index >= 15 is 0 Å². The van der Waals surface area contributed by atoms with Gasteiger partial charge in [0.15, 0.2) is 11.6 Å². The van der Waals surface area contributed by atoms with E-state index in [4.69, 9.17) is 0 Å². The van der Waals surface area contributed by atoms with Crippen LogP contribution in [0.5, 0.6) is 0 Å². The maximum atomic E-state index is 13.1. The molecule has 0 bridgehead atoms. The summed E-state index contributed by atoms with van der Waals surface area (Å²) in [6.07, 6.45) is 5.03. The van der Waals surface area contributed by atoms with Crippen molar-refractivity contribution in [3.63, 3.8) is 0 Å². The van der Waals surface area contributed by atoms with Crippen LogP contribution in [0.25, 0.3) is 0 Å². The Labute approximate surface area is 177 Å². The Morgan fingerprint density at radius 2 is 1.69 bits per heavy atom. The summed E-state index contributed by atoms with van der Waals surface area (Å²) < 4.78 is 13.0. The second-order valence-electron chi connectivity index (χ2n) is 8.14. The third-order valence-corrected chi connectivity index (χ3v) is 6.47. The van der Waals surface area contributed by atoms with Gasteiger partial charge in [0.2, 0.25) is 0 Å². The molecule has 0 aromatic heterocycles. The van der Waals surface area contributed by atoms with Gasteiger partial charge < -0.3 is 4.90 Å². The monoisotopic (exact) mass is 415 g/mol. The Kier molecular flexibility index (Phi) is 6.86. The smallest absolute Gasteiger partial charge is 0.169 e. The topological polar surface area (TPSA) is 37.4 Å². The molecule has 5 heteroatoms. The molecule has 1 aliphatic heterocycles. The molecule has 1 saturated heterocycles. The first-order chi connectivity index (χ1) is 13.6. The highest BCUT2D eigenvalue weighted by Crippen LogP contribution is 2.43. The van der Waals surface area contributed by atoms with Crippen molar-refractivity contribution < 1.29 is 14.0 Å². The van der Waals surface area contributed by atoms with Crippen LogP contribution in [0.4, 0.5) is 4.39 Å². The summed E-state index contributed by atoms with van der Waals surface area (Å²) in [7, 11) is 0. The van der Waals surface area contributed by atoms with E-state index in [-0.39, 0.29) is 29.4 Å². The highest BCUT2D eigenvalue weighted by Gasteiger charge is 2.44. The van der Waals surface area contributed by atoms with E-state index in [0.29, 0.717) is 17.8 Å². The van der Waals surface area contributed by atoms with Gasteiger partial charge in [-0.3, -0.25) is 9.59 Å². The first-order valence-corrected chi connectivity index (χ1v) is 10.2. The van der Waals surface area contributed by atoms with E-state index < -0.39 is 0 Å². The number of halogens is 2. The molecule has 154 valence electrons. The molecule has 1 heterocycles. The number of hydrogen-bond donors (Lipinski definition) is 0. The van der Waals surface area contributed by atoms with E-state index in [0.717, 1.165) is 57.3 Å². The van der Waals surface area contributed by atoms with Gasteiger partial charge in [-0.2, -0.15) is 0 Å². The molecular weight excluding hydrogens is 389 g/mol. The number of nitrogens with zero attached hydrogens (tertiary/aromatic N) is 1. The molecule has 2 aliphatic rings. The minimum atomic E-state index is -0.321. The largest absolute Gasteiger partial charge is 0.303 e. The summed E-state index contributed by atoms with van der Waals surface area (Å²) >= 11 is 0. The SMILES string of the molecule is Cl.O=C(CCCN1CCC2(CCc3ccccc3C2=O)CC1)c1ccc(F)cc1. The highest BCUT2D eigenvalue weighted by atomic mass is 35.5. The minimum absolute atomic E-state index is 0. The highest BCUT2D eigenvalue weighted by molar-refractivity contribution is 6.02. The van der Waals surface area contributed by atoms with Crippen molar-refractivity contribution in [2.24, 2.45) is 5.41 Å². The van der Waals surface area contributed by atoms with Crippen LogP contribution in [0.15, 0.2) is 48.5 Å². The third kappa shape index (κ3) is 4.59. The number of piperidine rings is 1. The van der Waals surface area contributed by atoms with Gasteiger partial charge in [0.05, 0.1) is 0 Å². The molecule has 3 nitrogen and oxygen atoms in total. The van der Waals surface area contributed by atoms with Crippen molar-refractivity contribution in [3.05, 3.63) is 71.0 Å². The molecule has 4 rings (SSSR count). The maximum absolute atomic E-state index is 13.1. The Morgan fingerprint density at radius 3 is 2.41 bits per heavy atom. The second-order valence-corrected chi connectivity index (χ2v) is 8.14. The van der Waals surface area contributed by atoms with Crippen LogP contribution in [0.1, 0.15) is 58.4 Å². The van der Waals surface area contributed by atoms with Crippen LogP contribution in [0, 0.1) is 11.2 Å². The van der Waals surface area contributed by atoms with Crippen molar-refractivity contribution in [1.82, 2.24) is 4.90 Å². The quantitative estimate of drug-likeness (QED) is 0.636. The number of likely N-dealkylation sites (tertiary alicyclic amines) is 1. The number of fused-ring (bicyclic) bond motifs is 1. The van der Waals surface area contributed by atoms with Gasteiger partial charge >= 0.3 is 0 Å². The molecule has 1 spiro atoms. The lowest BCUT2D eigenvalue weighted by atomic mass is 9.65. The molecule has 0 amide bonds. The Hall–Kier alpha value is -2.04. The number of carbonyl (C=O) groups excluding carboxylic acids is 2. The first-order valence-electron chi connectivity index (χ1n) is 10.2. The zero-order chi connectivity index (χ0) is 19.6. The van der Waals surface area contributed by atoms with Crippen molar-refractivity contribution in [3.8, 4) is 0 Å². The number of Topliss-reactive ketones (excluding diaryl/α,β-unsaturated/α-hetero) is 2. The fraction of sp³-hybridized carbons (Fsp3) is 0.417. The summed E-state index contributed by atoms with van der Waals surface area (Å²) in [5.74, 6) is 0.0757. The van der Waals surface area contributed by atoms with E-state index in [2.05, 4.69) is 11.0 Å². The summed E-state index contributed by atoms with van der Waals surface area (Å²) in [6.45, 7) is 2.70. The molecule has 29 heavy (non-hydrogen) atoms. The van der Waals surface area contributed by atoms with Gasteiger partial charge in [-0.05, 0) is 81.6 Å². The number of ketones is 2. The zero-order valence-corrected chi connectivity index (χ0v) is 17.3. The third-order valence-electron chi connectivity index (χ3n) is 6.47. The summed E-state index contributed by atoms with van der Waals surface area (Å²) in [6, 6.07) is 13.8. The Morgan fingerprint density at radius 1 is 1.00 bits per heavy atom. The molecule has 2 aromatic rings. The molecule has 0 atom stereocenters. The maximum Gasteiger partial charge on any atom is 0.169 e. The summed E-state index contributed by atoms with van der Waals surface area (Å²) in [5.41, 5.74) is 2.51. The van der Waals surface area contributed by atoms with Crippen molar-refractivity contribution >= 4 is 24.0 Å². The molecule has 0 unspecified atom stereocenters. The molecular formula is C24H27ClFNO2. The molecule has 0 saturated carbocycles. The van der Waals surface area contributed by atoms with Gasteiger partial charge in [-0.1, -0.05) is 24.3 Å². The standard InChI is InChI=1S/C24H26FNO2.ClH/c25-20-9-7-19(8-10-20)22(27)6-3-15-26-16-13-24(14-17-26)12-11-18-4-1-2-5-21(18)23(24)28;/h1-2,4-5,7-10H,3,6,11-17H2;1H. The number of aryl methyl sites for hydroxylation is 1. The van der Waals surface area contributed by atoms with Crippen LogP contribution in [0.3, 0.4) is 0 Å². The average Bonchev–Trinajstić information content (AvgIpc) is 2.73. The number of rotatable bonds is 5. The predicted octanol–water partition coefficient (Wildman–Crippen LogP) is 5.12.